The minimum Gasteiger partial charge on any atom is -0.324 e. The zero-order valence-electron chi connectivity index (χ0n) is 15.9. The molecule has 1 amide bonds. The summed E-state index contributed by atoms with van der Waals surface area (Å²) in [6.07, 6.45) is 4.98. The zero-order valence-corrected chi connectivity index (χ0v) is 18.4. The lowest BCUT2D eigenvalue weighted by Crippen LogP contribution is -2.27. The van der Waals surface area contributed by atoms with Gasteiger partial charge in [0, 0.05) is 29.9 Å². The van der Waals surface area contributed by atoms with Crippen LogP contribution in [-0.4, -0.2) is 48.2 Å². The Morgan fingerprint density at radius 3 is 2.62 bits per heavy atom. The molecule has 1 aliphatic heterocycles. The molecule has 154 valence electrons. The van der Waals surface area contributed by atoms with Gasteiger partial charge in [-0.3, -0.25) is 4.79 Å². The largest absolute Gasteiger partial charge is 0.324 e. The Morgan fingerprint density at radius 1 is 1.17 bits per heavy atom. The first kappa shape index (κ1) is 21.9. The minimum atomic E-state index is -3.47. The van der Waals surface area contributed by atoms with E-state index < -0.39 is 10.0 Å². The number of nitrogens with one attached hydrogen (secondary N) is 1. The maximum Gasteiger partial charge on any atom is 0.244 e. The maximum atomic E-state index is 12.5. The van der Waals surface area contributed by atoms with Crippen LogP contribution in [0.4, 0.5) is 5.69 Å². The number of nitrogens with zero attached hydrogens (tertiary/aromatic N) is 2. The molecule has 1 aromatic carbocycles. The number of anilines is 1. The van der Waals surface area contributed by atoms with Crippen molar-refractivity contribution in [2.45, 2.75) is 27.7 Å². The van der Waals surface area contributed by atoms with Gasteiger partial charge in [-0.25, -0.2) is 13.4 Å². The Morgan fingerprint density at radius 2 is 1.93 bits per heavy atom. The monoisotopic (exact) mass is 449 g/mol. The Bertz CT molecular complexity index is 956. The van der Waals surface area contributed by atoms with Gasteiger partial charge in [0.05, 0.1) is 16.5 Å². The fourth-order valence-corrected chi connectivity index (χ4v) is 5.70. The number of carbonyl (C=O) groups is 1. The molecule has 29 heavy (non-hydrogen) atoms. The van der Waals surface area contributed by atoms with Gasteiger partial charge in [0.25, 0.3) is 0 Å². The first-order valence-corrected chi connectivity index (χ1v) is 12.6. The van der Waals surface area contributed by atoms with E-state index in [9.17, 15) is 13.2 Å². The molecule has 1 aliphatic rings. The van der Waals surface area contributed by atoms with Crippen molar-refractivity contribution in [2.75, 3.05) is 29.9 Å². The summed E-state index contributed by atoms with van der Waals surface area (Å²) in [5.41, 5.74) is 0.768. The van der Waals surface area contributed by atoms with Crippen LogP contribution in [0.15, 0.2) is 70.1 Å². The van der Waals surface area contributed by atoms with E-state index >= 15 is 0 Å². The second kappa shape index (κ2) is 10.3. The van der Waals surface area contributed by atoms with Crippen molar-refractivity contribution in [1.82, 2.24) is 9.29 Å². The number of pyridine rings is 1. The number of aromatic nitrogens is 1. The van der Waals surface area contributed by atoms with Gasteiger partial charge in [0.1, 0.15) is 4.90 Å². The first-order chi connectivity index (χ1) is 14.0. The van der Waals surface area contributed by atoms with Gasteiger partial charge in [-0.2, -0.15) is 4.31 Å². The number of rotatable bonds is 9. The van der Waals surface area contributed by atoms with E-state index in [1.165, 1.54) is 22.3 Å². The second-order valence-corrected chi connectivity index (χ2v) is 10.4. The number of carbonyl (C=O) groups excluding carboxylic acids is 1. The van der Waals surface area contributed by atoms with Crippen LogP contribution in [0.5, 0.6) is 0 Å². The summed E-state index contributed by atoms with van der Waals surface area (Å²) in [6.45, 7) is 4.84. The Hall–Kier alpha value is -1.81. The quantitative estimate of drug-likeness (QED) is 0.462. The van der Waals surface area contributed by atoms with Crippen molar-refractivity contribution in [1.29, 1.82) is 0 Å². The number of sulfonamides is 1. The summed E-state index contributed by atoms with van der Waals surface area (Å²) in [5.74, 6) is 0.807. The van der Waals surface area contributed by atoms with E-state index in [4.69, 9.17) is 0 Å². The van der Waals surface area contributed by atoms with Crippen LogP contribution < -0.4 is 5.32 Å². The minimum absolute atomic E-state index is 0.141. The molecule has 0 atom stereocenters. The number of hydrogen-bond acceptors (Lipinski definition) is 6. The SMILES string of the molecule is C=CCSc1ccccc1NC(=O)CSc1ccc(S(=O)(=O)N2CCCC2)cn1. The summed E-state index contributed by atoms with van der Waals surface area (Å²) in [7, 11) is -3.47. The predicted octanol–water partition coefficient (Wildman–Crippen LogP) is 3.88. The molecule has 0 bridgehead atoms. The van der Waals surface area contributed by atoms with Crippen molar-refractivity contribution >= 4 is 45.1 Å². The van der Waals surface area contributed by atoms with Crippen LogP contribution in [-0.2, 0) is 14.8 Å². The number of hydrogen-bond donors (Lipinski definition) is 1. The summed E-state index contributed by atoms with van der Waals surface area (Å²) in [5, 5.41) is 3.52. The van der Waals surface area contributed by atoms with Crippen LogP contribution in [0, 0.1) is 0 Å². The average Bonchev–Trinajstić information content (AvgIpc) is 3.28. The van der Waals surface area contributed by atoms with Crippen molar-refractivity contribution in [2.24, 2.45) is 0 Å². The summed E-state index contributed by atoms with van der Waals surface area (Å²) in [6, 6.07) is 10.8. The van der Waals surface area contributed by atoms with E-state index in [2.05, 4.69) is 16.9 Å². The molecule has 2 heterocycles. The molecule has 6 nitrogen and oxygen atoms in total. The highest BCUT2D eigenvalue weighted by molar-refractivity contribution is 8.00. The molecular weight excluding hydrogens is 426 g/mol. The van der Waals surface area contributed by atoms with Crippen LogP contribution in [0.2, 0.25) is 0 Å². The standard InChI is InChI=1S/C20H23N3O3S3/c1-2-13-27-18-8-4-3-7-17(18)22-19(24)15-28-20-10-9-16(14-21-20)29(25,26)23-11-5-6-12-23/h2-4,7-10,14H,1,5-6,11-13,15H2,(H,22,24). The highest BCUT2D eigenvalue weighted by atomic mass is 32.2. The Kier molecular flexibility index (Phi) is 7.77. The molecule has 1 saturated heterocycles. The predicted molar refractivity (Wildman–Crippen MR) is 119 cm³/mol. The van der Waals surface area contributed by atoms with Gasteiger partial charge in [-0.15, -0.1) is 18.3 Å². The van der Waals surface area contributed by atoms with Crippen molar-refractivity contribution in [3.63, 3.8) is 0 Å². The normalized spacial score (nSPS) is 14.6. The van der Waals surface area contributed by atoms with E-state index in [1.54, 1.807) is 23.9 Å². The summed E-state index contributed by atoms with van der Waals surface area (Å²) in [4.78, 5) is 17.7. The van der Waals surface area contributed by atoms with Gasteiger partial charge >= 0.3 is 0 Å². The van der Waals surface area contributed by atoms with Gasteiger partial charge in [0.15, 0.2) is 0 Å². The Balaban J connectivity index is 1.56. The maximum absolute atomic E-state index is 12.5. The third kappa shape index (κ3) is 5.85. The topological polar surface area (TPSA) is 79.4 Å². The Labute approximate surface area is 180 Å². The fraction of sp³-hybridized carbons (Fsp3) is 0.300. The molecule has 0 radical (unpaired) electrons. The molecular formula is C20H23N3O3S3. The smallest absolute Gasteiger partial charge is 0.244 e. The van der Waals surface area contributed by atoms with E-state index in [1.807, 2.05) is 30.3 Å². The average molecular weight is 450 g/mol. The molecule has 1 fully saturated rings. The lowest BCUT2D eigenvalue weighted by Gasteiger charge is -2.15. The highest BCUT2D eigenvalue weighted by Gasteiger charge is 2.27. The fourth-order valence-electron chi connectivity index (χ4n) is 2.85. The van der Waals surface area contributed by atoms with Gasteiger partial charge in [-0.1, -0.05) is 30.0 Å². The first-order valence-electron chi connectivity index (χ1n) is 9.22. The second-order valence-electron chi connectivity index (χ2n) is 6.38. The van der Waals surface area contributed by atoms with Crippen LogP contribution >= 0.6 is 23.5 Å². The molecule has 1 N–H and O–H groups in total. The molecule has 9 heteroatoms. The molecule has 0 spiro atoms. The van der Waals surface area contributed by atoms with E-state index in [0.29, 0.717) is 18.1 Å². The zero-order chi connectivity index (χ0) is 20.7. The third-order valence-electron chi connectivity index (χ3n) is 4.28. The summed E-state index contributed by atoms with van der Waals surface area (Å²) >= 11 is 2.87. The highest BCUT2D eigenvalue weighted by Crippen LogP contribution is 2.27. The lowest BCUT2D eigenvalue weighted by atomic mass is 10.3. The molecule has 1 aromatic heterocycles. The number of thioether (sulfide) groups is 2. The molecule has 0 aliphatic carbocycles. The lowest BCUT2D eigenvalue weighted by molar-refractivity contribution is -0.113. The number of para-hydroxylation sites is 1. The van der Waals surface area contributed by atoms with Gasteiger partial charge in [-0.05, 0) is 37.1 Å². The van der Waals surface area contributed by atoms with E-state index in [-0.39, 0.29) is 16.6 Å². The number of amides is 1. The molecule has 0 unspecified atom stereocenters. The van der Waals surface area contributed by atoms with Crippen LogP contribution in [0.1, 0.15) is 12.8 Å². The van der Waals surface area contributed by atoms with Crippen LogP contribution in [0.25, 0.3) is 0 Å². The van der Waals surface area contributed by atoms with Crippen LogP contribution in [0.3, 0.4) is 0 Å². The van der Waals surface area contributed by atoms with Crippen molar-refractivity contribution < 1.29 is 13.2 Å². The third-order valence-corrected chi connectivity index (χ3v) is 8.18. The van der Waals surface area contributed by atoms with E-state index in [0.717, 1.165) is 29.2 Å². The van der Waals surface area contributed by atoms with Gasteiger partial charge in [0.2, 0.25) is 15.9 Å². The summed E-state index contributed by atoms with van der Waals surface area (Å²) < 4.78 is 26.5. The number of benzene rings is 1. The molecule has 2 aromatic rings. The van der Waals surface area contributed by atoms with Gasteiger partial charge < -0.3 is 5.32 Å². The molecule has 3 rings (SSSR count). The van der Waals surface area contributed by atoms with Crippen molar-refractivity contribution in [3.05, 3.63) is 55.3 Å². The van der Waals surface area contributed by atoms with Crippen molar-refractivity contribution in [3.8, 4) is 0 Å². The molecule has 0 saturated carbocycles.